The number of hydrogen-bond donors (Lipinski definition) is 1. The van der Waals surface area contributed by atoms with E-state index < -0.39 is 11.4 Å². The molecule has 0 amide bonds. The van der Waals surface area contributed by atoms with E-state index in [9.17, 15) is 20.0 Å². The number of nitrogens with zero attached hydrogens (tertiary/aromatic N) is 5. The summed E-state index contributed by atoms with van der Waals surface area (Å²) in [5.41, 5.74) is 1.83. The van der Waals surface area contributed by atoms with E-state index in [-0.39, 0.29) is 16.5 Å². The molecule has 0 aromatic carbocycles. The van der Waals surface area contributed by atoms with Crippen molar-refractivity contribution in [1.29, 1.82) is 5.26 Å². The van der Waals surface area contributed by atoms with Gasteiger partial charge in [0, 0.05) is 25.5 Å². The first kappa shape index (κ1) is 20.2. The number of carboxylic acid groups (broad SMARTS) is 1. The van der Waals surface area contributed by atoms with Crippen molar-refractivity contribution in [3.8, 4) is 6.07 Å². The molecule has 0 saturated heterocycles. The molecule has 0 radical (unpaired) electrons. The summed E-state index contributed by atoms with van der Waals surface area (Å²) >= 11 is 0. The van der Waals surface area contributed by atoms with E-state index in [0.29, 0.717) is 37.0 Å². The maximum atomic E-state index is 12.9. The predicted octanol–water partition coefficient (Wildman–Crippen LogP) is 3.46. The zero-order valence-corrected chi connectivity index (χ0v) is 17.6. The van der Waals surface area contributed by atoms with Gasteiger partial charge in [-0.2, -0.15) is 5.26 Å². The number of aromatic carboxylic acids is 1. The van der Waals surface area contributed by atoms with E-state index >= 15 is 0 Å². The molecular formula is C24H23N5O3. The predicted molar refractivity (Wildman–Crippen MR) is 118 cm³/mol. The van der Waals surface area contributed by atoms with Crippen LogP contribution in [0.15, 0.2) is 35.4 Å². The van der Waals surface area contributed by atoms with Crippen LogP contribution in [0.25, 0.3) is 11.0 Å². The lowest BCUT2D eigenvalue weighted by molar-refractivity contribution is 0.0694. The highest BCUT2D eigenvalue weighted by molar-refractivity contribution is 5.92. The molecule has 1 saturated carbocycles. The van der Waals surface area contributed by atoms with Gasteiger partial charge < -0.3 is 14.6 Å². The van der Waals surface area contributed by atoms with Gasteiger partial charge in [-0.1, -0.05) is 25.3 Å². The molecule has 0 bridgehead atoms. The summed E-state index contributed by atoms with van der Waals surface area (Å²) in [6.07, 6.45) is 8.86. The normalized spacial score (nSPS) is 16.2. The standard InChI is InChI=1S/C24H23N5O3/c25-10-17-9-18-21(30)19(24(31)32)13-28(11-15-5-2-1-3-6-15)23(18)27-22(17)29-12-16-7-4-8-26-20(16)14-29/h4,7-9,13,15H,1-3,5-6,11-12,14H2,(H,31,32). The third-order valence-electron chi connectivity index (χ3n) is 6.54. The summed E-state index contributed by atoms with van der Waals surface area (Å²) in [4.78, 5) is 35.9. The van der Waals surface area contributed by atoms with E-state index in [2.05, 4.69) is 11.1 Å². The molecule has 3 aromatic rings. The van der Waals surface area contributed by atoms with Crippen molar-refractivity contribution in [2.24, 2.45) is 5.92 Å². The van der Waals surface area contributed by atoms with Crippen molar-refractivity contribution in [3.63, 3.8) is 0 Å². The molecule has 8 nitrogen and oxygen atoms in total. The number of aromatic nitrogens is 3. The second-order valence-electron chi connectivity index (χ2n) is 8.64. The van der Waals surface area contributed by atoms with Crippen LogP contribution in [0, 0.1) is 17.2 Å². The number of anilines is 1. The molecule has 5 rings (SSSR count). The molecule has 1 fully saturated rings. The van der Waals surface area contributed by atoms with Gasteiger partial charge in [0.25, 0.3) is 0 Å². The minimum Gasteiger partial charge on any atom is -0.477 e. The Morgan fingerprint density at radius 3 is 2.78 bits per heavy atom. The van der Waals surface area contributed by atoms with Crippen LogP contribution in [0.3, 0.4) is 0 Å². The number of hydrogen-bond acceptors (Lipinski definition) is 6. The van der Waals surface area contributed by atoms with Gasteiger partial charge >= 0.3 is 5.97 Å². The Morgan fingerprint density at radius 2 is 2.06 bits per heavy atom. The Balaban J connectivity index is 1.65. The van der Waals surface area contributed by atoms with Gasteiger partial charge in [-0.15, -0.1) is 0 Å². The molecule has 1 N–H and O–H groups in total. The van der Waals surface area contributed by atoms with Crippen LogP contribution in [0.2, 0.25) is 0 Å². The van der Waals surface area contributed by atoms with Gasteiger partial charge in [0.2, 0.25) is 5.43 Å². The topological polar surface area (TPSA) is 112 Å². The summed E-state index contributed by atoms with van der Waals surface area (Å²) in [5.74, 6) is -0.354. The van der Waals surface area contributed by atoms with Crippen LogP contribution < -0.4 is 10.3 Å². The molecule has 8 heteroatoms. The molecule has 3 aromatic heterocycles. The number of rotatable bonds is 4. The number of fused-ring (bicyclic) bond motifs is 2. The lowest BCUT2D eigenvalue weighted by Gasteiger charge is -2.24. The Kier molecular flexibility index (Phi) is 5.10. The van der Waals surface area contributed by atoms with Crippen molar-refractivity contribution in [1.82, 2.24) is 14.5 Å². The molecule has 1 aliphatic carbocycles. The van der Waals surface area contributed by atoms with Crippen molar-refractivity contribution in [2.45, 2.75) is 51.7 Å². The molecule has 0 atom stereocenters. The molecule has 0 unspecified atom stereocenters. The maximum Gasteiger partial charge on any atom is 0.341 e. The summed E-state index contributed by atoms with van der Waals surface area (Å²) in [6, 6.07) is 7.54. The molecule has 162 valence electrons. The molecule has 4 heterocycles. The van der Waals surface area contributed by atoms with Gasteiger partial charge in [0.05, 0.1) is 23.2 Å². The lowest BCUT2D eigenvalue weighted by Crippen LogP contribution is -2.24. The highest BCUT2D eigenvalue weighted by Gasteiger charge is 2.26. The first-order chi connectivity index (χ1) is 15.5. The van der Waals surface area contributed by atoms with Crippen LogP contribution in [-0.2, 0) is 19.6 Å². The monoisotopic (exact) mass is 429 g/mol. The highest BCUT2D eigenvalue weighted by Crippen LogP contribution is 2.31. The van der Waals surface area contributed by atoms with Crippen LogP contribution >= 0.6 is 0 Å². The second-order valence-corrected chi connectivity index (χ2v) is 8.64. The van der Waals surface area contributed by atoms with Gasteiger partial charge in [-0.25, -0.2) is 9.78 Å². The van der Waals surface area contributed by atoms with Crippen LogP contribution in [-0.4, -0.2) is 25.6 Å². The van der Waals surface area contributed by atoms with Gasteiger partial charge in [-0.05, 0) is 36.5 Å². The Labute approximate surface area is 184 Å². The molecule has 0 spiro atoms. The Morgan fingerprint density at radius 1 is 1.25 bits per heavy atom. The van der Waals surface area contributed by atoms with Crippen molar-refractivity contribution in [2.75, 3.05) is 4.90 Å². The number of carbonyl (C=O) groups is 1. The fraction of sp³-hybridized carbons (Fsp3) is 0.375. The smallest absolute Gasteiger partial charge is 0.341 e. The second kappa shape index (κ2) is 8.08. The first-order valence-corrected chi connectivity index (χ1v) is 10.9. The minimum atomic E-state index is -1.27. The van der Waals surface area contributed by atoms with E-state index in [1.165, 1.54) is 18.7 Å². The third-order valence-corrected chi connectivity index (χ3v) is 6.54. The fourth-order valence-electron chi connectivity index (χ4n) is 4.91. The minimum absolute atomic E-state index is 0.177. The summed E-state index contributed by atoms with van der Waals surface area (Å²) < 4.78 is 1.81. The SMILES string of the molecule is N#Cc1cc2c(=O)c(C(=O)O)cn(CC3CCCCC3)c2nc1N1Cc2cccnc2C1. The fourth-order valence-corrected chi connectivity index (χ4v) is 4.91. The molecule has 1 aliphatic heterocycles. The number of pyridine rings is 3. The van der Waals surface area contributed by atoms with E-state index in [0.717, 1.165) is 36.9 Å². The maximum absolute atomic E-state index is 12.9. The van der Waals surface area contributed by atoms with Crippen LogP contribution in [0.4, 0.5) is 5.82 Å². The number of nitriles is 1. The number of carboxylic acids is 1. The third kappa shape index (κ3) is 3.50. The van der Waals surface area contributed by atoms with Crippen molar-refractivity contribution < 1.29 is 9.90 Å². The quantitative estimate of drug-likeness (QED) is 0.676. The van der Waals surface area contributed by atoms with Gasteiger partial charge in [-0.3, -0.25) is 9.78 Å². The zero-order valence-electron chi connectivity index (χ0n) is 17.6. The average Bonchev–Trinajstić information content (AvgIpc) is 3.24. The van der Waals surface area contributed by atoms with E-state index in [4.69, 9.17) is 4.98 Å². The molecule has 2 aliphatic rings. The van der Waals surface area contributed by atoms with E-state index in [1.54, 1.807) is 6.20 Å². The molecule has 32 heavy (non-hydrogen) atoms. The van der Waals surface area contributed by atoms with Gasteiger partial charge in [0.1, 0.15) is 23.1 Å². The largest absolute Gasteiger partial charge is 0.477 e. The Hall–Kier alpha value is -3.73. The zero-order chi connectivity index (χ0) is 22.2. The summed E-state index contributed by atoms with van der Waals surface area (Å²) in [6.45, 7) is 1.72. The van der Waals surface area contributed by atoms with Crippen molar-refractivity contribution >= 4 is 22.8 Å². The van der Waals surface area contributed by atoms with Crippen LogP contribution in [0.5, 0.6) is 0 Å². The van der Waals surface area contributed by atoms with Gasteiger partial charge in [0.15, 0.2) is 0 Å². The summed E-state index contributed by atoms with van der Waals surface area (Å²) in [7, 11) is 0. The first-order valence-electron chi connectivity index (χ1n) is 10.9. The average molecular weight is 429 g/mol. The lowest BCUT2D eigenvalue weighted by atomic mass is 9.89. The Bertz CT molecular complexity index is 1290. The van der Waals surface area contributed by atoms with Crippen LogP contribution in [0.1, 0.15) is 59.3 Å². The van der Waals surface area contributed by atoms with Crippen molar-refractivity contribution in [3.05, 3.63) is 63.2 Å². The molecular weight excluding hydrogens is 406 g/mol. The van der Waals surface area contributed by atoms with E-state index in [1.807, 2.05) is 21.6 Å². The summed E-state index contributed by atoms with van der Waals surface area (Å²) in [5, 5.41) is 19.6. The highest BCUT2D eigenvalue weighted by atomic mass is 16.4.